The van der Waals surface area contributed by atoms with Gasteiger partial charge in [-0.15, -0.1) is 5.11 Å². The number of nitrogens with zero attached hydrogens (tertiary/aromatic N) is 3. The van der Waals surface area contributed by atoms with Crippen molar-refractivity contribution in [3.8, 4) is 5.75 Å². The Kier molecular flexibility index (Phi) is 3.77. The van der Waals surface area contributed by atoms with E-state index in [1.165, 1.54) is 24.3 Å². The van der Waals surface area contributed by atoms with Crippen LogP contribution in [-0.2, 0) is 10.1 Å². The van der Waals surface area contributed by atoms with Gasteiger partial charge in [-0.3, -0.25) is 9.54 Å². The fraction of sp³-hybridized carbons (Fsp3) is 0. The van der Waals surface area contributed by atoms with Crippen molar-refractivity contribution in [2.45, 2.75) is 4.90 Å². The zero-order valence-electron chi connectivity index (χ0n) is 11.7. The molecule has 0 amide bonds. The molecule has 3 aromatic rings. The Hall–Kier alpha value is -2.84. The van der Waals surface area contributed by atoms with Crippen LogP contribution in [0.5, 0.6) is 5.75 Å². The summed E-state index contributed by atoms with van der Waals surface area (Å²) in [7, 11) is -4.31. The van der Waals surface area contributed by atoms with Gasteiger partial charge in [0.1, 0.15) is 11.2 Å². The lowest BCUT2D eigenvalue weighted by Crippen LogP contribution is -1.96. The maximum atomic E-state index is 11.1. The number of rotatable bonds is 3. The van der Waals surface area contributed by atoms with Gasteiger partial charge in [0.05, 0.1) is 10.6 Å². The monoisotopic (exact) mass is 329 g/mol. The highest BCUT2D eigenvalue weighted by Gasteiger charge is 2.10. The van der Waals surface area contributed by atoms with Crippen LogP contribution in [0.1, 0.15) is 0 Å². The minimum absolute atomic E-state index is 0.113. The van der Waals surface area contributed by atoms with Gasteiger partial charge in [0, 0.05) is 11.6 Å². The Morgan fingerprint density at radius 3 is 2.61 bits per heavy atom. The Morgan fingerprint density at radius 2 is 1.83 bits per heavy atom. The van der Waals surface area contributed by atoms with Crippen LogP contribution < -0.4 is 0 Å². The van der Waals surface area contributed by atoms with Crippen molar-refractivity contribution in [2.24, 2.45) is 10.2 Å². The molecule has 0 saturated carbocycles. The van der Waals surface area contributed by atoms with Crippen molar-refractivity contribution in [2.75, 3.05) is 0 Å². The van der Waals surface area contributed by atoms with Crippen LogP contribution in [-0.4, -0.2) is 23.1 Å². The molecule has 0 bridgehead atoms. The van der Waals surface area contributed by atoms with E-state index in [2.05, 4.69) is 15.2 Å². The summed E-state index contributed by atoms with van der Waals surface area (Å²) in [6.07, 6.45) is 1.55. The Morgan fingerprint density at radius 1 is 1.00 bits per heavy atom. The molecule has 0 fully saturated rings. The second-order valence-electron chi connectivity index (χ2n) is 4.68. The molecule has 0 saturated heterocycles. The van der Waals surface area contributed by atoms with E-state index in [1.807, 2.05) is 0 Å². The SMILES string of the molecule is O=S(=O)(O)c1cccc(N=Nc2ccc3cccnc3c2O)c1. The third-order valence-corrected chi connectivity index (χ3v) is 3.96. The molecule has 8 heteroatoms. The highest BCUT2D eigenvalue weighted by atomic mass is 32.2. The lowest BCUT2D eigenvalue weighted by molar-refractivity contribution is 0.480. The average Bonchev–Trinajstić information content (AvgIpc) is 2.54. The van der Waals surface area contributed by atoms with Gasteiger partial charge in [0.2, 0.25) is 0 Å². The molecule has 0 radical (unpaired) electrons. The van der Waals surface area contributed by atoms with Crippen LogP contribution in [0.3, 0.4) is 0 Å². The minimum Gasteiger partial charge on any atom is -0.504 e. The number of aromatic hydroxyl groups is 1. The van der Waals surface area contributed by atoms with Crippen LogP contribution >= 0.6 is 0 Å². The average molecular weight is 329 g/mol. The quantitative estimate of drug-likeness (QED) is 0.563. The molecule has 0 aliphatic rings. The molecule has 7 nitrogen and oxygen atoms in total. The first kappa shape index (κ1) is 15.1. The molecule has 0 unspecified atom stereocenters. The van der Waals surface area contributed by atoms with Gasteiger partial charge in [-0.25, -0.2) is 0 Å². The number of phenolic OH excluding ortho intramolecular Hbond substituents is 1. The smallest absolute Gasteiger partial charge is 0.294 e. The maximum Gasteiger partial charge on any atom is 0.294 e. The van der Waals surface area contributed by atoms with Crippen molar-refractivity contribution in [3.63, 3.8) is 0 Å². The summed E-state index contributed by atoms with van der Waals surface area (Å²) in [4.78, 5) is 3.80. The molecule has 1 heterocycles. The zero-order chi connectivity index (χ0) is 16.4. The van der Waals surface area contributed by atoms with Crippen molar-refractivity contribution in [1.29, 1.82) is 0 Å². The number of phenols is 1. The standard InChI is InChI=1S/C15H11N3O4S/c19-15-13(7-6-10-3-2-8-16-14(10)15)18-17-11-4-1-5-12(9-11)23(20,21)22/h1-9,19H,(H,20,21,22). The number of azo groups is 1. The lowest BCUT2D eigenvalue weighted by atomic mass is 10.2. The number of aromatic nitrogens is 1. The van der Waals surface area contributed by atoms with Gasteiger partial charge >= 0.3 is 0 Å². The van der Waals surface area contributed by atoms with Gasteiger partial charge in [-0.05, 0) is 30.3 Å². The highest BCUT2D eigenvalue weighted by molar-refractivity contribution is 7.85. The number of benzene rings is 2. The molecule has 3 rings (SSSR count). The molecule has 0 spiro atoms. The summed E-state index contributed by atoms with van der Waals surface area (Å²) in [5.74, 6) is -0.113. The summed E-state index contributed by atoms with van der Waals surface area (Å²) in [6.45, 7) is 0. The first-order chi connectivity index (χ1) is 10.9. The van der Waals surface area contributed by atoms with Crippen molar-refractivity contribution in [1.82, 2.24) is 4.98 Å². The second-order valence-corrected chi connectivity index (χ2v) is 6.10. The first-order valence-corrected chi connectivity index (χ1v) is 7.95. The summed E-state index contributed by atoms with van der Waals surface area (Å²) in [5.41, 5.74) is 0.824. The van der Waals surface area contributed by atoms with Crippen LogP contribution in [0.4, 0.5) is 11.4 Å². The van der Waals surface area contributed by atoms with E-state index in [-0.39, 0.29) is 22.0 Å². The normalized spacial score (nSPS) is 12.0. The Labute approximate surface area is 131 Å². The van der Waals surface area contributed by atoms with Crippen molar-refractivity contribution < 1.29 is 18.1 Å². The molecule has 2 N–H and O–H groups in total. The third kappa shape index (κ3) is 3.17. The topological polar surface area (TPSA) is 112 Å². The van der Waals surface area contributed by atoms with E-state index in [0.717, 1.165) is 5.39 Å². The number of hydrogen-bond donors (Lipinski definition) is 2. The Balaban J connectivity index is 1.99. The largest absolute Gasteiger partial charge is 0.504 e. The van der Waals surface area contributed by atoms with Crippen LogP contribution in [0.15, 0.2) is 69.9 Å². The number of fused-ring (bicyclic) bond motifs is 1. The minimum atomic E-state index is -4.31. The van der Waals surface area contributed by atoms with Gasteiger partial charge < -0.3 is 5.11 Å². The fourth-order valence-corrected chi connectivity index (χ4v) is 2.54. The van der Waals surface area contributed by atoms with Crippen molar-refractivity contribution >= 4 is 32.4 Å². The van der Waals surface area contributed by atoms with E-state index >= 15 is 0 Å². The fourth-order valence-electron chi connectivity index (χ4n) is 2.02. The molecule has 0 aliphatic carbocycles. The molecule has 0 atom stereocenters. The van der Waals surface area contributed by atoms with Gasteiger partial charge in [-0.2, -0.15) is 13.5 Å². The van der Waals surface area contributed by atoms with Crippen LogP contribution in [0, 0.1) is 0 Å². The van der Waals surface area contributed by atoms with E-state index in [0.29, 0.717) is 5.52 Å². The first-order valence-electron chi connectivity index (χ1n) is 6.51. The summed E-state index contributed by atoms with van der Waals surface area (Å²) in [5, 5.41) is 18.7. The highest BCUT2D eigenvalue weighted by Crippen LogP contribution is 2.34. The van der Waals surface area contributed by atoms with Gasteiger partial charge in [0.15, 0.2) is 5.75 Å². The molecule has 23 heavy (non-hydrogen) atoms. The predicted molar refractivity (Wildman–Crippen MR) is 83.8 cm³/mol. The Bertz CT molecular complexity index is 1020. The number of hydrogen-bond acceptors (Lipinski definition) is 6. The summed E-state index contributed by atoms with van der Waals surface area (Å²) < 4.78 is 31.2. The van der Waals surface area contributed by atoms with Gasteiger partial charge in [-0.1, -0.05) is 18.2 Å². The van der Waals surface area contributed by atoms with Crippen molar-refractivity contribution in [3.05, 3.63) is 54.7 Å². The van der Waals surface area contributed by atoms with Gasteiger partial charge in [0.25, 0.3) is 10.1 Å². The molecule has 2 aromatic carbocycles. The molecular formula is C15H11N3O4S. The van der Waals surface area contributed by atoms with E-state index in [4.69, 9.17) is 4.55 Å². The zero-order valence-corrected chi connectivity index (χ0v) is 12.5. The second kappa shape index (κ2) is 5.75. The van der Waals surface area contributed by atoms with Crippen LogP contribution in [0.2, 0.25) is 0 Å². The molecular weight excluding hydrogens is 318 g/mol. The third-order valence-electron chi connectivity index (χ3n) is 3.12. The van der Waals surface area contributed by atoms with E-state index in [9.17, 15) is 13.5 Å². The summed E-state index contributed by atoms with van der Waals surface area (Å²) in [6, 6.07) is 12.2. The predicted octanol–water partition coefficient (Wildman–Crippen LogP) is 3.60. The van der Waals surface area contributed by atoms with Crippen LogP contribution in [0.25, 0.3) is 10.9 Å². The molecule has 0 aliphatic heterocycles. The maximum absolute atomic E-state index is 11.1. The summed E-state index contributed by atoms with van der Waals surface area (Å²) >= 11 is 0. The molecule has 116 valence electrons. The number of pyridine rings is 1. The lowest BCUT2D eigenvalue weighted by Gasteiger charge is -2.02. The van der Waals surface area contributed by atoms with E-state index < -0.39 is 10.1 Å². The molecule has 1 aromatic heterocycles. The van der Waals surface area contributed by atoms with E-state index in [1.54, 1.807) is 30.5 Å².